The third kappa shape index (κ3) is 2.99. The molecule has 0 aliphatic rings. The van der Waals surface area contributed by atoms with E-state index >= 15 is 0 Å². The number of rotatable bonds is 4. The number of nitrogens with zero attached hydrogens (tertiary/aromatic N) is 5. The average molecular weight is 347 g/mol. The molecule has 0 radical (unpaired) electrons. The summed E-state index contributed by atoms with van der Waals surface area (Å²) in [6.45, 7) is 8.49. The zero-order valence-corrected chi connectivity index (χ0v) is 14.8. The van der Waals surface area contributed by atoms with Crippen LogP contribution in [-0.2, 0) is 6.54 Å². The van der Waals surface area contributed by atoms with E-state index in [9.17, 15) is 0 Å². The van der Waals surface area contributed by atoms with Crippen molar-refractivity contribution in [2.75, 3.05) is 5.73 Å². The molecule has 7 nitrogen and oxygen atoms in total. The quantitative estimate of drug-likeness (QED) is 0.730. The lowest BCUT2D eigenvalue weighted by Crippen LogP contribution is -2.11. The molecule has 0 spiro atoms. The van der Waals surface area contributed by atoms with E-state index in [1.165, 1.54) is 0 Å². The van der Waals surface area contributed by atoms with Crippen molar-refractivity contribution in [3.05, 3.63) is 34.5 Å². The largest absolute Gasteiger partial charge is 0.490 e. The predicted octanol–water partition coefficient (Wildman–Crippen LogP) is 2.91. The van der Waals surface area contributed by atoms with Crippen molar-refractivity contribution in [1.82, 2.24) is 24.5 Å². The Labute approximate surface area is 144 Å². The Morgan fingerprint density at radius 1 is 1.25 bits per heavy atom. The molecule has 3 rings (SSSR count). The summed E-state index contributed by atoms with van der Waals surface area (Å²) < 4.78 is 7.78. The van der Waals surface area contributed by atoms with Gasteiger partial charge in [0, 0.05) is 17.3 Å². The topological polar surface area (TPSA) is 91.7 Å². The van der Waals surface area contributed by atoms with Gasteiger partial charge in [-0.3, -0.25) is 4.98 Å². The number of nitrogen functional groups attached to an aromatic ring is 1. The van der Waals surface area contributed by atoms with Crippen LogP contribution in [-0.4, -0.2) is 30.6 Å². The second-order valence-corrected chi connectivity index (χ2v) is 6.28. The number of hydrogen-bond acceptors (Lipinski definition) is 6. The van der Waals surface area contributed by atoms with Gasteiger partial charge in [0.1, 0.15) is 11.3 Å². The van der Waals surface area contributed by atoms with Crippen LogP contribution in [0.2, 0.25) is 5.15 Å². The van der Waals surface area contributed by atoms with Gasteiger partial charge in [0.25, 0.3) is 0 Å². The zero-order chi connectivity index (χ0) is 17.4. The minimum Gasteiger partial charge on any atom is -0.490 e. The molecule has 3 aromatic heterocycles. The number of hydrogen-bond donors (Lipinski definition) is 1. The molecule has 0 fully saturated rings. The van der Waals surface area contributed by atoms with Crippen molar-refractivity contribution >= 4 is 28.7 Å². The molecule has 0 atom stereocenters. The van der Waals surface area contributed by atoms with Gasteiger partial charge in [-0.2, -0.15) is 9.97 Å². The van der Waals surface area contributed by atoms with Gasteiger partial charge in [-0.15, -0.1) is 0 Å². The summed E-state index contributed by atoms with van der Waals surface area (Å²) in [7, 11) is 0. The van der Waals surface area contributed by atoms with E-state index in [1.807, 2.05) is 38.5 Å². The molecule has 126 valence electrons. The lowest BCUT2D eigenvalue weighted by Gasteiger charge is -2.17. The van der Waals surface area contributed by atoms with Gasteiger partial charge < -0.3 is 15.0 Å². The number of aromatic nitrogens is 5. The van der Waals surface area contributed by atoms with Crippen LogP contribution in [0.15, 0.2) is 12.5 Å². The van der Waals surface area contributed by atoms with Gasteiger partial charge in [0.15, 0.2) is 10.8 Å². The van der Waals surface area contributed by atoms with E-state index in [-0.39, 0.29) is 17.2 Å². The van der Waals surface area contributed by atoms with E-state index in [1.54, 1.807) is 6.33 Å². The SMILES string of the molecule is Cc1cnc(Cn2cnc3c(Cl)nc(N)nc32)c(C)c1OC(C)C. The molecular weight excluding hydrogens is 328 g/mol. The first-order chi connectivity index (χ1) is 11.4. The molecule has 0 saturated heterocycles. The number of pyridine rings is 1. The molecule has 3 aromatic rings. The minimum absolute atomic E-state index is 0.0954. The Balaban J connectivity index is 2.03. The monoisotopic (exact) mass is 346 g/mol. The lowest BCUT2D eigenvalue weighted by atomic mass is 10.1. The maximum absolute atomic E-state index is 6.07. The average Bonchev–Trinajstić information content (AvgIpc) is 2.89. The first-order valence-electron chi connectivity index (χ1n) is 7.62. The Bertz CT molecular complexity index is 905. The van der Waals surface area contributed by atoms with E-state index in [4.69, 9.17) is 22.1 Å². The third-order valence-corrected chi connectivity index (χ3v) is 3.92. The van der Waals surface area contributed by atoms with Crippen molar-refractivity contribution < 1.29 is 4.74 Å². The molecule has 24 heavy (non-hydrogen) atoms. The summed E-state index contributed by atoms with van der Waals surface area (Å²) in [5.74, 6) is 0.985. The fourth-order valence-electron chi connectivity index (χ4n) is 2.54. The zero-order valence-electron chi connectivity index (χ0n) is 14.0. The van der Waals surface area contributed by atoms with Crippen LogP contribution >= 0.6 is 11.6 Å². The van der Waals surface area contributed by atoms with Gasteiger partial charge in [0.2, 0.25) is 5.95 Å². The van der Waals surface area contributed by atoms with E-state index in [0.29, 0.717) is 17.7 Å². The molecule has 0 saturated carbocycles. The van der Waals surface area contributed by atoms with E-state index < -0.39 is 0 Å². The second kappa shape index (κ2) is 6.24. The van der Waals surface area contributed by atoms with Crippen molar-refractivity contribution in [2.24, 2.45) is 0 Å². The molecule has 3 heterocycles. The maximum Gasteiger partial charge on any atom is 0.223 e. The van der Waals surface area contributed by atoms with Gasteiger partial charge in [0.05, 0.1) is 24.7 Å². The first kappa shape index (κ1) is 16.4. The Hall–Kier alpha value is -2.41. The van der Waals surface area contributed by atoms with Crippen LogP contribution in [0, 0.1) is 13.8 Å². The summed E-state index contributed by atoms with van der Waals surface area (Å²) in [5, 5.41) is 0.244. The van der Waals surface area contributed by atoms with E-state index in [2.05, 4.69) is 19.9 Å². The first-order valence-corrected chi connectivity index (χ1v) is 8.00. The van der Waals surface area contributed by atoms with Gasteiger partial charge in [-0.05, 0) is 27.7 Å². The molecule has 2 N–H and O–H groups in total. The number of imidazole rings is 1. The highest BCUT2D eigenvalue weighted by molar-refractivity contribution is 6.33. The number of nitrogens with two attached hydrogens (primary N) is 1. The molecule has 0 amide bonds. The molecule has 0 bridgehead atoms. The van der Waals surface area contributed by atoms with Gasteiger partial charge in [-0.1, -0.05) is 11.6 Å². The number of fused-ring (bicyclic) bond motifs is 1. The Morgan fingerprint density at radius 2 is 2.00 bits per heavy atom. The number of aryl methyl sites for hydroxylation is 1. The Morgan fingerprint density at radius 3 is 2.71 bits per heavy atom. The fourth-order valence-corrected chi connectivity index (χ4v) is 2.76. The van der Waals surface area contributed by atoms with Crippen LogP contribution in [0.25, 0.3) is 11.2 Å². The summed E-state index contributed by atoms with van der Waals surface area (Å²) in [6.07, 6.45) is 3.57. The Kier molecular flexibility index (Phi) is 4.28. The summed E-state index contributed by atoms with van der Waals surface area (Å²) in [5.41, 5.74) is 9.68. The maximum atomic E-state index is 6.07. The van der Waals surface area contributed by atoms with E-state index in [0.717, 1.165) is 22.6 Å². The smallest absolute Gasteiger partial charge is 0.223 e. The van der Waals surface area contributed by atoms with Crippen molar-refractivity contribution in [3.63, 3.8) is 0 Å². The molecule has 0 aliphatic heterocycles. The van der Waals surface area contributed by atoms with Crippen LogP contribution in [0.3, 0.4) is 0 Å². The highest BCUT2D eigenvalue weighted by atomic mass is 35.5. The highest BCUT2D eigenvalue weighted by Gasteiger charge is 2.15. The lowest BCUT2D eigenvalue weighted by molar-refractivity contribution is 0.238. The van der Waals surface area contributed by atoms with Crippen molar-refractivity contribution in [1.29, 1.82) is 0 Å². The third-order valence-electron chi connectivity index (χ3n) is 3.66. The molecule has 0 aromatic carbocycles. The van der Waals surface area contributed by atoms with Crippen LogP contribution in [0.1, 0.15) is 30.7 Å². The highest BCUT2D eigenvalue weighted by Crippen LogP contribution is 2.27. The fraction of sp³-hybridized carbons (Fsp3) is 0.375. The van der Waals surface area contributed by atoms with Crippen LogP contribution in [0.4, 0.5) is 5.95 Å². The normalized spacial score (nSPS) is 11.4. The second-order valence-electron chi connectivity index (χ2n) is 5.93. The predicted molar refractivity (Wildman–Crippen MR) is 93.3 cm³/mol. The summed E-state index contributed by atoms with van der Waals surface area (Å²) >= 11 is 6.07. The number of ether oxygens (including phenoxy) is 1. The summed E-state index contributed by atoms with van der Waals surface area (Å²) in [4.78, 5) is 17.0. The molecule has 8 heteroatoms. The van der Waals surface area contributed by atoms with Crippen molar-refractivity contribution in [3.8, 4) is 5.75 Å². The van der Waals surface area contributed by atoms with Gasteiger partial charge >= 0.3 is 0 Å². The molecule has 0 unspecified atom stereocenters. The van der Waals surface area contributed by atoms with Crippen molar-refractivity contribution in [2.45, 2.75) is 40.3 Å². The minimum atomic E-state index is 0.0954. The van der Waals surface area contributed by atoms with Gasteiger partial charge in [-0.25, -0.2) is 4.98 Å². The number of anilines is 1. The van der Waals surface area contributed by atoms with Crippen LogP contribution in [0.5, 0.6) is 5.75 Å². The summed E-state index contributed by atoms with van der Waals surface area (Å²) in [6, 6.07) is 0. The number of halogens is 1. The molecular formula is C16H19ClN6O. The molecule has 0 aliphatic carbocycles. The van der Waals surface area contributed by atoms with Crippen LogP contribution < -0.4 is 10.5 Å². The standard InChI is InChI=1S/C16H19ClN6O/c1-8(2)24-13-9(3)5-19-11(10(13)4)6-23-7-20-12-14(17)21-16(18)22-15(12)23/h5,7-8H,6H2,1-4H3,(H2,18,21,22).